The number of anilines is 1. The van der Waals surface area contributed by atoms with Crippen molar-refractivity contribution in [1.29, 1.82) is 5.26 Å². The molecule has 76 valence electrons. The molecule has 0 bridgehead atoms. The summed E-state index contributed by atoms with van der Waals surface area (Å²) in [6, 6.07) is 5.73. The Labute approximate surface area is 85.5 Å². The molecule has 1 amide bonds. The monoisotopic (exact) mass is 206 g/mol. The Bertz CT molecular complexity index is 453. The van der Waals surface area contributed by atoms with Crippen LogP contribution >= 0.6 is 0 Å². The second-order valence-corrected chi connectivity index (χ2v) is 3.04. The maximum atomic E-state index is 13.0. The molecule has 0 fully saturated rings. The number of nitriles is 1. The molecule has 0 atom stereocenters. The molecule has 0 unspecified atom stereocenters. The lowest BCUT2D eigenvalue weighted by atomic mass is 10.2. The fourth-order valence-electron chi connectivity index (χ4n) is 1.42. The lowest BCUT2D eigenvalue weighted by molar-refractivity contribution is -0.121. The molecule has 0 aliphatic carbocycles. The van der Waals surface area contributed by atoms with Gasteiger partial charge >= 0.3 is 0 Å². The molecule has 1 aromatic carbocycles. The van der Waals surface area contributed by atoms with Crippen LogP contribution in [0.25, 0.3) is 0 Å². The predicted molar refractivity (Wildman–Crippen MR) is 49.9 cm³/mol. The first kappa shape index (κ1) is 9.46. The summed E-state index contributed by atoms with van der Waals surface area (Å²) in [5, 5.41) is 8.55. The highest BCUT2D eigenvalue weighted by Gasteiger charge is 2.25. The Hall–Kier alpha value is -2.09. The smallest absolute Gasteiger partial charge is 0.265 e. The molecule has 1 aliphatic rings. The van der Waals surface area contributed by atoms with Gasteiger partial charge < -0.3 is 4.74 Å². The maximum Gasteiger partial charge on any atom is 0.265 e. The molecule has 0 radical (unpaired) electrons. The Kier molecular flexibility index (Phi) is 2.26. The van der Waals surface area contributed by atoms with E-state index in [1.807, 2.05) is 6.07 Å². The minimum atomic E-state index is -0.463. The van der Waals surface area contributed by atoms with Gasteiger partial charge in [0.1, 0.15) is 18.1 Å². The number of rotatable bonds is 1. The second kappa shape index (κ2) is 3.58. The van der Waals surface area contributed by atoms with Gasteiger partial charge in [0.25, 0.3) is 5.91 Å². The van der Waals surface area contributed by atoms with Crippen LogP contribution in [0.15, 0.2) is 18.2 Å². The van der Waals surface area contributed by atoms with E-state index in [4.69, 9.17) is 10.00 Å². The summed E-state index contributed by atoms with van der Waals surface area (Å²) in [7, 11) is 0. The molecule has 0 saturated heterocycles. The van der Waals surface area contributed by atoms with E-state index in [9.17, 15) is 9.18 Å². The van der Waals surface area contributed by atoms with Crippen LogP contribution in [0.5, 0.6) is 5.75 Å². The van der Waals surface area contributed by atoms with E-state index in [0.29, 0.717) is 11.4 Å². The van der Waals surface area contributed by atoms with Gasteiger partial charge in [-0.15, -0.1) is 0 Å². The first-order valence-corrected chi connectivity index (χ1v) is 4.32. The molecule has 15 heavy (non-hydrogen) atoms. The average Bonchev–Trinajstić information content (AvgIpc) is 2.23. The minimum Gasteiger partial charge on any atom is -0.482 e. The molecule has 2 rings (SSSR count). The number of ether oxygens (including phenoxy) is 1. The molecule has 0 aromatic heterocycles. The Balaban J connectivity index is 2.46. The van der Waals surface area contributed by atoms with Crippen molar-refractivity contribution in [2.45, 2.75) is 0 Å². The van der Waals surface area contributed by atoms with E-state index >= 15 is 0 Å². The van der Waals surface area contributed by atoms with Crippen molar-refractivity contribution < 1.29 is 13.9 Å². The van der Waals surface area contributed by atoms with Crippen molar-refractivity contribution >= 4 is 11.6 Å². The van der Waals surface area contributed by atoms with Gasteiger partial charge in [-0.1, -0.05) is 0 Å². The number of hydrogen-bond donors (Lipinski definition) is 0. The molecule has 0 spiro atoms. The number of halogens is 1. The lowest BCUT2D eigenvalue weighted by Gasteiger charge is -2.27. The fraction of sp³-hybridized carbons (Fsp3) is 0.200. The van der Waals surface area contributed by atoms with Crippen molar-refractivity contribution in [2.75, 3.05) is 18.1 Å². The summed E-state index contributed by atoms with van der Waals surface area (Å²) < 4.78 is 18.1. The van der Waals surface area contributed by atoms with Crippen molar-refractivity contribution in [2.24, 2.45) is 0 Å². The van der Waals surface area contributed by atoms with E-state index in [-0.39, 0.29) is 19.1 Å². The summed E-state index contributed by atoms with van der Waals surface area (Å²) in [5.74, 6) is -0.379. The quantitative estimate of drug-likeness (QED) is 0.646. The Morgan fingerprint density at radius 1 is 1.60 bits per heavy atom. The summed E-state index contributed by atoms with van der Waals surface area (Å²) in [5.41, 5.74) is 0.313. The number of hydrogen-bond acceptors (Lipinski definition) is 3. The maximum absolute atomic E-state index is 13.0. The molecule has 4 nitrogen and oxygen atoms in total. The molecule has 1 aromatic rings. The van der Waals surface area contributed by atoms with Gasteiger partial charge in [-0.05, 0) is 12.1 Å². The molecular weight excluding hydrogens is 199 g/mol. The highest BCUT2D eigenvalue weighted by molar-refractivity contribution is 5.98. The van der Waals surface area contributed by atoms with Gasteiger partial charge in [0.05, 0.1) is 11.8 Å². The third-order valence-electron chi connectivity index (χ3n) is 2.09. The third-order valence-corrected chi connectivity index (χ3v) is 2.09. The van der Waals surface area contributed by atoms with Crippen LogP contribution in [0.4, 0.5) is 10.1 Å². The van der Waals surface area contributed by atoms with Crippen LogP contribution in [-0.4, -0.2) is 19.1 Å². The van der Waals surface area contributed by atoms with Crippen LogP contribution in [0, 0.1) is 17.1 Å². The van der Waals surface area contributed by atoms with Crippen molar-refractivity contribution in [3.8, 4) is 11.8 Å². The van der Waals surface area contributed by atoms with Gasteiger partial charge in [-0.3, -0.25) is 9.69 Å². The highest BCUT2D eigenvalue weighted by Crippen LogP contribution is 2.32. The summed E-state index contributed by atoms with van der Waals surface area (Å²) in [4.78, 5) is 12.6. The highest BCUT2D eigenvalue weighted by atomic mass is 19.1. The van der Waals surface area contributed by atoms with Crippen LogP contribution in [0.2, 0.25) is 0 Å². The number of fused-ring (bicyclic) bond motifs is 1. The van der Waals surface area contributed by atoms with E-state index in [2.05, 4.69) is 0 Å². The van der Waals surface area contributed by atoms with Crippen LogP contribution in [0.1, 0.15) is 0 Å². The van der Waals surface area contributed by atoms with E-state index in [0.717, 1.165) is 0 Å². The zero-order valence-corrected chi connectivity index (χ0v) is 7.74. The zero-order chi connectivity index (χ0) is 10.8. The largest absolute Gasteiger partial charge is 0.482 e. The van der Waals surface area contributed by atoms with Gasteiger partial charge in [0.2, 0.25) is 0 Å². The summed E-state index contributed by atoms with van der Waals surface area (Å²) in [6.45, 7) is -0.209. The Morgan fingerprint density at radius 2 is 2.40 bits per heavy atom. The number of amides is 1. The Morgan fingerprint density at radius 3 is 3.13 bits per heavy atom. The summed E-state index contributed by atoms with van der Waals surface area (Å²) in [6.07, 6.45) is 0. The van der Waals surface area contributed by atoms with Gasteiger partial charge in [0.15, 0.2) is 6.61 Å². The molecule has 5 heteroatoms. The predicted octanol–water partition coefficient (Wildman–Crippen LogP) is 1.07. The van der Waals surface area contributed by atoms with Crippen molar-refractivity contribution in [1.82, 2.24) is 0 Å². The van der Waals surface area contributed by atoms with E-state index in [1.54, 1.807) is 0 Å². The van der Waals surface area contributed by atoms with Crippen molar-refractivity contribution in [3.05, 3.63) is 24.0 Å². The van der Waals surface area contributed by atoms with E-state index in [1.165, 1.54) is 23.1 Å². The van der Waals surface area contributed by atoms with E-state index < -0.39 is 5.82 Å². The fourth-order valence-corrected chi connectivity index (χ4v) is 1.42. The van der Waals surface area contributed by atoms with Crippen LogP contribution in [0.3, 0.4) is 0 Å². The topological polar surface area (TPSA) is 53.3 Å². The minimum absolute atomic E-state index is 0.0986. The van der Waals surface area contributed by atoms with Gasteiger partial charge in [-0.25, -0.2) is 4.39 Å². The van der Waals surface area contributed by atoms with Gasteiger partial charge in [-0.2, -0.15) is 5.26 Å². The first-order valence-electron chi connectivity index (χ1n) is 4.32. The standard InChI is InChI=1S/C10H7FN2O2/c11-7-1-2-9-8(5-7)13(4-3-12)10(14)6-15-9/h1-2,5H,4,6H2. The molecule has 0 saturated carbocycles. The lowest BCUT2D eigenvalue weighted by Crippen LogP contribution is -2.39. The normalized spacial score (nSPS) is 14.1. The van der Waals surface area contributed by atoms with Crippen molar-refractivity contribution in [3.63, 3.8) is 0 Å². The average molecular weight is 206 g/mol. The number of carbonyl (C=O) groups excluding carboxylic acids is 1. The molecular formula is C10H7FN2O2. The number of carbonyl (C=O) groups is 1. The molecule has 0 N–H and O–H groups in total. The van der Waals surface area contributed by atoms with Crippen LogP contribution in [-0.2, 0) is 4.79 Å². The number of benzene rings is 1. The summed E-state index contributed by atoms with van der Waals surface area (Å²) >= 11 is 0. The number of nitrogens with zero attached hydrogens (tertiary/aromatic N) is 2. The molecule has 1 heterocycles. The van der Waals surface area contributed by atoms with Gasteiger partial charge in [0, 0.05) is 6.07 Å². The first-order chi connectivity index (χ1) is 7.22. The third kappa shape index (κ3) is 1.62. The zero-order valence-electron chi connectivity index (χ0n) is 7.74. The second-order valence-electron chi connectivity index (χ2n) is 3.04. The SMILES string of the molecule is N#CCN1C(=O)COc2ccc(F)cc21. The molecule has 1 aliphatic heterocycles. The van der Waals surface area contributed by atoms with Crippen LogP contribution < -0.4 is 9.64 Å².